The zero-order chi connectivity index (χ0) is 17.8. The van der Waals surface area contributed by atoms with Gasteiger partial charge in [-0.05, 0) is 72.8 Å². The molecule has 6 nitrogen and oxygen atoms in total. The Kier molecular flexibility index (Phi) is 5.42. The lowest BCUT2D eigenvalue weighted by molar-refractivity contribution is 0.288. The number of nitrogens with zero attached hydrogens (tertiary/aromatic N) is 2. The van der Waals surface area contributed by atoms with Crippen molar-refractivity contribution >= 4 is 22.6 Å². The summed E-state index contributed by atoms with van der Waals surface area (Å²) in [7, 11) is 0. The Hall–Kier alpha value is -2.29. The van der Waals surface area contributed by atoms with Crippen LogP contribution in [0.1, 0.15) is 13.8 Å². The van der Waals surface area contributed by atoms with Gasteiger partial charge in [0.05, 0.1) is 16.8 Å². The molecule has 0 spiro atoms. The molecule has 2 aromatic carbocycles. The van der Waals surface area contributed by atoms with Crippen LogP contribution in [-0.2, 0) is 0 Å². The van der Waals surface area contributed by atoms with Gasteiger partial charge in [-0.15, -0.1) is 0 Å². The van der Waals surface area contributed by atoms with E-state index in [2.05, 4.69) is 32.7 Å². The van der Waals surface area contributed by atoms with Crippen molar-refractivity contribution in [1.82, 2.24) is 10.1 Å². The van der Waals surface area contributed by atoms with E-state index in [0.717, 1.165) is 14.7 Å². The van der Waals surface area contributed by atoms with Crippen molar-refractivity contribution < 1.29 is 19.1 Å². The highest BCUT2D eigenvalue weighted by atomic mass is 127. The van der Waals surface area contributed by atoms with E-state index in [0.29, 0.717) is 36.4 Å². The average molecular weight is 452 g/mol. The molecule has 0 unspecified atom stereocenters. The second kappa shape index (κ2) is 7.73. The number of phenolic OH excluding ortho intramolecular Hbond substituents is 1. The summed E-state index contributed by atoms with van der Waals surface area (Å²) in [4.78, 5) is 4.44. The summed E-state index contributed by atoms with van der Waals surface area (Å²) in [6, 6.07) is 10.7. The summed E-state index contributed by atoms with van der Waals surface area (Å²) in [6.07, 6.45) is 0. The monoisotopic (exact) mass is 452 g/mol. The molecule has 3 aromatic rings. The van der Waals surface area contributed by atoms with Crippen LogP contribution >= 0.6 is 22.6 Å². The molecular weight excluding hydrogens is 435 g/mol. The molecule has 0 radical (unpaired) electrons. The summed E-state index contributed by atoms with van der Waals surface area (Å²) < 4.78 is 17.3. The topological polar surface area (TPSA) is 77.6 Å². The molecule has 0 saturated carbocycles. The van der Waals surface area contributed by atoms with Crippen LogP contribution in [-0.4, -0.2) is 28.5 Å². The van der Waals surface area contributed by atoms with Crippen molar-refractivity contribution in [2.75, 3.05) is 13.2 Å². The highest BCUT2D eigenvalue weighted by molar-refractivity contribution is 14.1. The fourth-order valence-electron chi connectivity index (χ4n) is 2.29. The minimum atomic E-state index is 0.223. The number of hydrogen-bond acceptors (Lipinski definition) is 6. The first kappa shape index (κ1) is 17.5. The van der Waals surface area contributed by atoms with Crippen LogP contribution in [0, 0.1) is 3.57 Å². The number of aromatic nitrogens is 2. The normalized spacial score (nSPS) is 10.7. The van der Waals surface area contributed by atoms with Crippen LogP contribution in [0.4, 0.5) is 0 Å². The van der Waals surface area contributed by atoms with Gasteiger partial charge in [0, 0.05) is 11.1 Å². The van der Waals surface area contributed by atoms with Gasteiger partial charge in [-0.3, -0.25) is 0 Å². The van der Waals surface area contributed by atoms with Crippen LogP contribution in [0.25, 0.3) is 22.8 Å². The summed E-state index contributed by atoms with van der Waals surface area (Å²) in [6.45, 7) is 4.93. The van der Waals surface area contributed by atoms with Gasteiger partial charge in [-0.1, -0.05) is 5.16 Å². The van der Waals surface area contributed by atoms with Gasteiger partial charge in [-0.2, -0.15) is 4.98 Å². The van der Waals surface area contributed by atoms with Gasteiger partial charge in [0.1, 0.15) is 5.75 Å². The molecule has 1 heterocycles. The SMILES string of the molecule is CCOc1ccc(-c2nc(-c3ccc(O)c(I)c3)no2)cc1OCC. The predicted molar refractivity (Wildman–Crippen MR) is 102 cm³/mol. The van der Waals surface area contributed by atoms with Crippen molar-refractivity contribution in [2.24, 2.45) is 0 Å². The third-order valence-electron chi connectivity index (χ3n) is 3.42. The molecule has 0 amide bonds. The largest absolute Gasteiger partial charge is 0.507 e. The van der Waals surface area contributed by atoms with E-state index in [-0.39, 0.29) is 5.75 Å². The molecule has 0 aliphatic rings. The highest BCUT2D eigenvalue weighted by Gasteiger charge is 2.14. The molecule has 0 saturated heterocycles. The number of ether oxygens (including phenoxy) is 2. The van der Waals surface area contributed by atoms with Gasteiger partial charge >= 0.3 is 0 Å². The first-order valence-corrected chi connectivity index (χ1v) is 8.92. The fraction of sp³-hybridized carbons (Fsp3) is 0.222. The Morgan fingerprint density at radius 1 is 1.00 bits per heavy atom. The van der Waals surface area contributed by atoms with E-state index in [9.17, 15) is 5.11 Å². The number of aromatic hydroxyl groups is 1. The number of phenols is 1. The maximum Gasteiger partial charge on any atom is 0.258 e. The average Bonchev–Trinajstić information content (AvgIpc) is 3.09. The lowest BCUT2D eigenvalue weighted by Gasteiger charge is -2.11. The molecule has 130 valence electrons. The van der Waals surface area contributed by atoms with Gasteiger partial charge in [0.2, 0.25) is 5.82 Å². The number of hydrogen-bond donors (Lipinski definition) is 1. The molecule has 1 aromatic heterocycles. The van der Waals surface area contributed by atoms with E-state index in [4.69, 9.17) is 14.0 Å². The standard InChI is InChI=1S/C18H17IN2O4/c1-3-23-15-8-6-12(10-16(15)24-4-2)18-20-17(21-25-18)11-5-7-14(22)13(19)9-11/h5-10,22H,3-4H2,1-2H3. The molecule has 0 aliphatic heterocycles. The summed E-state index contributed by atoms with van der Waals surface area (Å²) in [5, 5.41) is 13.7. The second-order valence-electron chi connectivity index (χ2n) is 5.12. The minimum absolute atomic E-state index is 0.223. The third kappa shape index (κ3) is 3.87. The van der Waals surface area contributed by atoms with E-state index in [1.54, 1.807) is 18.2 Å². The summed E-state index contributed by atoms with van der Waals surface area (Å²) in [5.41, 5.74) is 1.52. The zero-order valence-electron chi connectivity index (χ0n) is 13.8. The molecule has 0 bridgehead atoms. The third-order valence-corrected chi connectivity index (χ3v) is 4.29. The first-order valence-electron chi connectivity index (χ1n) is 7.85. The predicted octanol–water partition coefficient (Wildman–Crippen LogP) is 4.51. The van der Waals surface area contributed by atoms with Crippen LogP contribution in [0.5, 0.6) is 17.2 Å². The molecule has 7 heteroatoms. The van der Waals surface area contributed by atoms with E-state index < -0.39 is 0 Å². The molecule has 3 rings (SSSR count). The Morgan fingerprint density at radius 2 is 1.72 bits per heavy atom. The van der Waals surface area contributed by atoms with Crippen molar-refractivity contribution in [2.45, 2.75) is 13.8 Å². The molecule has 0 atom stereocenters. The van der Waals surface area contributed by atoms with Crippen molar-refractivity contribution in [3.05, 3.63) is 40.0 Å². The lowest BCUT2D eigenvalue weighted by Crippen LogP contribution is -1.98. The van der Waals surface area contributed by atoms with Crippen molar-refractivity contribution in [1.29, 1.82) is 0 Å². The van der Waals surface area contributed by atoms with Crippen LogP contribution in [0.3, 0.4) is 0 Å². The minimum Gasteiger partial charge on any atom is -0.507 e. The first-order chi connectivity index (χ1) is 12.1. The van der Waals surface area contributed by atoms with Crippen LogP contribution < -0.4 is 9.47 Å². The number of halogens is 1. The molecule has 25 heavy (non-hydrogen) atoms. The van der Waals surface area contributed by atoms with E-state index >= 15 is 0 Å². The summed E-state index contributed by atoms with van der Waals surface area (Å²) in [5.74, 6) is 2.39. The second-order valence-corrected chi connectivity index (χ2v) is 6.28. The highest BCUT2D eigenvalue weighted by Crippen LogP contribution is 2.33. The van der Waals surface area contributed by atoms with Crippen molar-refractivity contribution in [3.63, 3.8) is 0 Å². The van der Waals surface area contributed by atoms with Gasteiger partial charge < -0.3 is 19.1 Å². The Balaban J connectivity index is 1.93. The quantitative estimate of drug-likeness (QED) is 0.555. The van der Waals surface area contributed by atoms with E-state index in [1.807, 2.05) is 32.0 Å². The van der Waals surface area contributed by atoms with Gasteiger partial charge in [-0.25, -0.2) is 0 Å². The molecule has 0 aliphatic carbocycles. The molecular formula is C18H17IN2O4. The van der Waals surface area contributed by atoms with Gasteiger partial charge in [0.15, 0.2) is 11.5 Å². The number of benzene rings is 2. The number of rotatable bonds is 6. The van der Waals surface area contributed by atoms with Gasteiger partial charge in [0.25, 0.3) is 5.89 Å². The smallest absolute Gasteiger partial charge is 0.258 e. The molecule has 1 N–H and O–H groups in total. The molecule has 0 fully saturated rings. The van der Waals surface area contributed by atoms with Crippen LogP contribution in [0.2, 0.25) is 0 Å². The Labute approximate surface area is 158 Å². The fourth-order valence-corrected chi connectivity index (χ4v) is 2.80. The maximum absolute atomic E-state index is 9.63. The van der Waals surface area contributed by atoms with Crippen LogP contribution in [0.15, 0.2) is 40.9 Å². The maximum atomic E-state index is 9.63. The van der Waals surface area contributed by atoms with Crippen molar-refractivity contribution in [3.8, 4) is 40.1 Å². The lowest BCUT2D eigenvalue weighted by atomic mass is 10.2. The zero-order valence-corrected chi connectivity index (χ0v) is 16.0. The summed E-state index contributed by atoms with van der Waals surface area (Å²) >= 11 is 2.05. The van der Waals surface area contributed by atoms with E-state index in [1.165, 1.54) is 0 Å². The Morgan fingerprint density at radius 3 is 2.44 bits per heavy atom. The Bertz CT molecular complexity index is 879.